The average Bonchev–Trinajstić information content (AvgIpc) is 3.81. The van der Waals surface area contributed by atoms with Crippen molar-refractivity contribution in [1.29, 1.82) is 0 Å². The Kier molecular flexibility index (Phi) is 5.07. The van der Waals surface area contributed by atoms with Gasteiger partial charge in [0.05, 0.1) is 11.1 Å². The molecule has 0 N–H and O–H groups in total. The van der Waals surface area contributed by atoms with Crippen molar-refractivity contribution in [3.63, 3.8) is 0 Å². The minimum atomic E-state index is -0.373. The van der Waals surface area contributed by atoms with Gasteiger partial charge in [-0.15, -0.1) is 0 Å². The van der Waals surface area contributed by atoms with Crippen LogP contribution in [0.25, 0.3) is 71.8 Å². The van der Waals surface area contributed by atoms with Gasteiger partial charge in [0.1, 0.15) is 5.65 Å². The highest BCUT2D eigenvalue weighted by Crippen LogP contribution is 2.64. The molecule has 0 atom stereocenters. The second-order valence-electron chi connectivity index (χ2n) is 13.2. The highest BCUT2D eigenvalue weighted by molar-refractivity contribution is 6.08. The second-order valence-corrected chi connectivity index (χ2v) is 13.2. The van der Waals surface area contributed by atoms with Crippen LogP contribution >= 0.6 is 0 Å². The molecule has 0 saturated heterocycles. The molecule has 2 aromatic heterocycles. The van der Waals surface area contributed by atoms with Crippen molar-refractivity contribution >= 4 is 27.2 Å². The van der Waals surface area contributed by atoms with Crippen LogP contribution in [0.1, 0.15) is 22.3 Å². The van der Waals surface area contributed by atoms with Gasteiger partial charge < -0.3 is 4.40 Å². The fraction of sp³-hybridized carbons (Fsp3) is 0.0217. The lowest BCUT2D eigenvalue weighted by Crippen LogP contribution is -2.25. The largest absolute Gasteiger partial charge is 0.306 e. The first-order valence-corrected chi connectivity index (χ1v) is 16.6. The highest BCUT2D eigenvalue weighted by Gasteiger charge is 2.52. The normalized spacial score (nSPS) is 13.6. The zero-order chi connectivity index (χ0) is 31.4. The SMILES string of the molecule is c1ccc2c(c1)-c1ccccc1C21c2cc3cc(-c4ccc(-c5cn6ccccc6n5)cc4)ccc3cc2-c2c1ccc1ccccc21. The van der Waals surface area contributed by atoms with Crippen molar-refractivity contribution < 1.29 is 0 Å². The van der Waals surface area contributed by atoms with Crippen LogP contribution in [0.2, 0.25) is 0 Å². The van der Waals surface area contributed by atoms with Crippen molar-refractivity contribution in [2.75, 3.05) is 0 Å². The fourth-order valence-electron chi connectivity index (χ4n) is 8.74. The van der Waals surface area contributed by atoms with Crippen LogP contribution in [-0.2, 0) is 5.41 Å². The molecule has 9 aromatic rings. The first-order chi connectivity index (χ1) is 23.8. The standard InChI is InChI=1S/C46H28N2/c1-2-10-35-30(9-1)22-23-41-45(35)38-26-33-21-20-32(29-16-18-31(19-17-29)43-28-48-24-8-7-15-44(48)47-43)25-34(33)27-42(38)46(41)39-13-5-3-11-36(39)37-12-4-6-14-40(37)46/h1-28H. The van der Waals surface area contributed by atoms with Crippen molar-refractivity contribution in [3.8, 4) is 44.6 Å². The third-order valence-electron chi connectivity index (χ3n) is 10.8. The molecule has 1 spiro atoms. The molecule has 2 nitrogen and oxygen atoms in total. The minimum Gasteiger partial charge on any atom is -0.306 e. The summed E-state index contributed by atoms with van der Waals surface area (Å²) in [5, 5.41) is 5.11. The number of nitrogens with zero attached hydrogens (tertiary/aromatic N) is 2. The van der Waals surface area contributed by atoms with Crippen LogP contribution in [0.15, 0.2) is 170 Å². The summed E-state index contributed by atoms with van der Waals surface area (Å²) < 4.78 is 2.07. The minimum absolute atomic E-state index is 0.373. The maximum absolute atomic E-state index is 4.83. The van der Waals surface area contributed by atoms with E-state index in [9.17, 15) is 0 Å². The molecular weight excluding hydrogens is 581 g/mol. The van der Waals surface area contributed by atoms with Crippen molar-refractivity contribution in [3.05, 3.63) is 192 Å². The number of pyridine rings is 1. The van der Waals surface area contributed by atoms with Crippen molar-refractivity contribution in [2.24, 2.45) is 0 Å². The molecule has 7 aromatic carbocycles. The average molecular weight is 609 g/mol. The molecule has 222 valence electrons. The number of fused-ring (bicyclic) bond motifs is 14. The summed E-state index contributed by atoms with van der Waals surface area (Å²) in [5.74, 6) is 0. The Bertz CT molecular complexity index is 2700. The van der Waals surface area contributed by atoms with Gasteiger partial charge in [0, 0.05) is 18.0 Å². The van der Waals surface area contributed by atoms with Crippen LogP contribution < -0.4 is 0 Å². The molecular formula is C46H28N2. The lowest BCUT2D eigenvalue weighted by molar-refractivity contribution is 0.795. The zero-order valence-electron chi connectivity index (χ0n) is 26.1. The van der Waals surface area contributed by atoms with Gasteiger partial charge in [-0.3, -0.25) is 0 Å². The third kappa shape index (κ3) is 3.34. The van der Waals surface area contributed by atoms with Gasteiger partial charge in [-0.2, -0.15) is 0 Å². The number of aromatic nitrogens is 2. The second kappa shape index (κ2) is 9.40. The Morgan fingerprint density at radius 1 is 0.438 bits per heavy atom. The lowest BCUT2D eigenvalue weighted by Gasteiger charge is -2.30. The number of imidazole rings is 1. The summed E-state index contributed by atoms with van der Waals surface area (Å²) in [4.78, 5) is 4.83. The van der Waals surface area contributed by atoms with E-state index in [1.807, 2.05) is 24.4 Å². The first-order valence-electron chi connectivity index (χ1n) is 16.6. The van der Waals surface area contributed by atoms with Crippen molar-refractivity contribution in [1.82, 2.24) is 9.38 Å². The summed E-state index contributed by atoms with van der Waals surface area (Å²) in [7, 11) is 0. The van der Waals surface area contributed by atoms with E-state index in [1.54, 1.807) is 0 Å². The Morgan fingerprint density at radius 2 is 1.12 bits per heavy atom. The van der Waals surface area contributed by atoms with Crippen LogP contribution in [0.4, 0.5) is 0 Å². The number of hydrogen-bond donors (Lipinski definition) is 0. The molecule has 2 aliphatic rings. The lowest BCUT2D eigenvalue weighted by atomic mass is 9.70. The summed E-state index contributed by atoms with van der Waals surface area (Å²) in [6.07, 6.45) is 4.14. The topological polar surface area (TPSA) is 17.3 Å². The molecule has 48 heavy (non-hydrogen) atoms. The van der Waals surface area contributed by atoms with Gasteiger partial charge in [-0.1, -0.05) is 127 Å². The van der Waals surface area contributed by atoms with Crippen LogP contribution in [0.5, 0.6) is 0 Å². The summed E-state index contributed by atoms with van der Waals surface area (Å²) in [6, 6.07) is 58.5. The molecule has 2 heterocycles. The van der Waals surface area contributed by atoms with Crippen molar-refractivity contribution in [2.45, 2.75) is 5.41 Å². The van der Waals surface area contributed by atoms with Crippen LogP contribution in [0, 0.1) is 0 Å². The van der Waals surface area contributed by atoms with Gasteiger partial charge in [0.2, 0.25) is 0 Å². The molecule has 2 aliphatic carbocycles. The summed E-state index contributed by atoms with van der Waals surface area (Å²) in [5.41, 5.74) is 16.0. The fourth-order valence-corrected chi connectivity index (χ4v) is 8.74. The smallest absolute Gasteiger partial charge is 0.137 e. The quantitative estimate of drug-likeness (QED) is 0.191. The van der Waals surface area contributed by atoms with Crippen LogP contribution in [-0.4, -0.2) is 9.38 Å². The first kappa shape index (κ1) is 25.9. The number of hydrogen-bond acceptors (Lipinski definition) is 1. The van der Waals surface area contributed by atoms with E-state index in [1.165, 1.54) is 77.2 Å². The molecule has 2 heteroatoms. The van der Waals surface area contributed by atoms with Gasteiger partial charge in [-0.05, 0) is 108 Å². The molecule has 0 radical (unpaired) electrons. The summed E-state index contributed by atoms with van der Waals surface area (Å²) >= 11 is 0. The van der Waals surface area contributed by atoms with E-state index in [0.717, 1.165) is 16.9 Å². The van der Waals surface area contributed by atoms with E-state index in [-0.39, 0.29) is 5.41 Å². The maximum atomic E-state index is 4.83. The molecule has 11 rings (SSSR count). The predicted molar refractivity (Wildman–Crippen MR) is 197 cm³/mol. The number of benzene rings is 7. The Hall–Kier alpha value is -6.25. The third-order valence-corrected chi connectivity index (χ3v) is 10.8. The Morgan fingerprint density at radius 3 is 1.94 bits per heavy atom. The van der Waals surface area contributed by atoms with Gasteiger partial charge in [0.25, 0.3) is 0 Å². The van der Waals surface area contributed by atoms with E-state index in [4.69, 9.17) is 4.98 Å². The molecule has 0 unspecified atom stereocenters. The highest BCUT2D eigenvalue weighted by atomic mass is 15.0. The maximum Gasteiger partial charge on any atom is 0.137 e. The monoisotopic (exact) mass is 608 g/mol. The molecule has 0 fully saturated rings. The van der Waals surface area contributed by atoms with E-state index in [2.05, 4.69) is 150 Å². The molecule has 0 amide bonds. The van der Waals surface area contributed by atoms with E-state index in [0.29, 0.717) is 0 Å². The molecule has 0 saturated carbocycles. The van der Waals surface area contributed by atoms with Gasteiger partial charge >= 0.3 is 0 Å². The molecule has 0 aliphatic heterocycles. The van der Waals surface area contributed by atoms with E-state index < -0.39 is 0 Å². The van der Waals surface area contributed by atoms with Crippen LogP contribution in [0.3, 0.4) is 0 Å². The number of rotatable bonds is 2. The Labute approximate surface area is 278 Å². The summed E-state index contributed by atoms with van der Waals surface area (Å²) in [6.45, 7) is 0. The van der Waals surface area contributed by atoms with Gasteiger partial charge in [0.15, 0.2) is 0 Å². The zero-order valence-corrected chi connectivity index (χ0v) is 26.1. The predicted octanol–water partition coefficient (Wildman–Crippen LogP) is 11.3. The Balaban J connectivity index is 1.13. The molecule has 0 bridgehead atoms. The van der Waals surface area contributed by atoms with E-state index >= 15 is 0 Å². The van der Waals surface area contributed by atoms with Gasteiger partial charge in [-0.25, -0.2) is 4.98 Å².